The summed E-state index contributed by atoms with van der Waals surface area (Å²) in [7, 11) is 0. The highest BCUT2D eigenvalue weighted by atomic mass is 16.6. The lowest BCUT2D eigenvalue weighted by Crippen LogP contribution is -2.39. The third-order valence-corrected chi connectivity index (χ3v) is 6.19. The van der Waals surface area contributed by atoms with Gasteiger partial charge in [-0.25, -0.2) is 4.79 Å². The Kier molecular flexibility index (Phi) is 6.36. The highest BCUT2D eigenvalue weighted by Gasteiger charge is 2.28. The Morgan fingerprint density at radius 1 is 1.03 bits per heavy atom. The first-order valence-electron chi connectivity index (χ1n) is 11.6. The average Bonchev–Trinajstić information content (AvgIpc) is 2.77. The lowest BCUT2D eigenvalue weighted by molar-refractivity contribution is 0.0166. The van der Waals surface area contributed by atoms with Crippen molar-refractivity contribution in [2.45, 2.75) is 52.2 Å². The van der Waals surface area contributed by atoms with Crippen LogP contribution in [0, 0.1) is 5.92 Å². The van der Waals surface area contributed by atoms with Crippen LogP contribution in [0.3, 0.4) is 0 Å². The molecule has 0 aromatic heterocycles. The number of ether oxygens (including phenoxy) is 1. The van der Waals surface area contributed by atoms with Crippen LogP contribution in [-0.4, -0.2) is 23.1 Å². The van der Waals surface area contributed by atoms with Gasteiger partial charge in [0.05, 0.1) is 6.04 Å². The minimum Gasteiger partial charge on any atom is -0.444 e. The maximum Gasteiger partial charge on any atom is 0.410 e. The molecule has 0 N–H and O–H groups in total. The van der Waals surface area contributed by atoms with Crippen LogP contribution in [-0.2, 0) is 11.2 Å². The number of amides is 1. The minimum atomic E-state index is -0.530. The number of hydrogen-bond acceptors (Lipinski definition) is 2. The normalized spacial score (nSPS) is 16.4. The van der Waals surface area contributed by atoms with Crippen molar-refractivity contribution in [3.05, 3.63) is 89.5 Å². The van der Waals surface area contributed by atoms with Gasteiger partial charge in [-0.2, -0.15) is 0 Å². The molecule has 1 aliphatic rings. The standard InChI is InChI=1S/C29H33NO2/c1-21(26-15-9-13-24-11-7-8-14-27(24)26)30(28(31)32-29(2,3)4)19-18-22-16-17-23-10-5-6-12-25(23)20-22/h5-17,21-22H,18-20H2,1-4H3/t21-,22-/m1/s1. The molecule has 0 unspecified atom stereocenters. The highest BCUT2D eigenvalue weighted by molar-refractivity contribution is 5.86. The zero-order valence-electron chi connectivity index (χ0n) is 19.5. The second-order valence-electron chi connectivity index (χ2n) is 9.73. The molecule has 0 fully saturated rings. The zero-order chi connectivity index (χ0) is 22.7. The Balaban J connectivity index is 1.57. The van der Waals surface area contributed by atoms with E-state index in [0.29, 0.717) is 12.5 Å². The molecule has 0 heterocycles. The summed E-state index contributed by atoms with van der Waals surface area (Å²) >= 11 is 0. The summed E-state index contributed by atoms with van der Waals surface area (Å²) in [5.41, 5.74) is 3.30. The molecule has 4 rings (SSSR count). The molecule has 1 amide bonds. The van der Waals surface area contributed by atoms with E-state index >= 15 is 0 Å². The third kappa shape index (κ3) is 5.04. The Labute approximate surface area is 191 Å². The van der Waals surface area contributed by atoms with Gasteiger partial charge in [0.1, 0.15) is 5.60 Å². The van der Waals surface area contributed by atoms with E-state index < -0.39 is 5.60 Å². The van der Waals surface area contributed by atoms with E-state index in [2.05, 4.69) is 85.8 Å². The van der Waals surface area contributed by atoms with Crippen LogP contribution >= 0.6 is 0 Å². The molecule has 0 aliphatic heterocycles. The van der Waals surface area contributed by atoms with E-state index in [4.69, 9.17) is 4.74 Å². The van der Waals surface area contributed by atoms with Crippen molar-refractivity contribution in [2.24, 2.45) is 5.92 Å². The van der Waals surface area contributed by atoms with Gasteiger partial charge in [0.25, 0.3) is 0 Å². The molecule has 2 atom stereocenters. The molecular formula is C29H33NO2. The van der Waals surface area contributed by atoms with E-state index in [0.717, 1.165) is 18.4 Å². The topological polar surface area (TPSA) is 29.5 Å². The lowest BCUT2D eigenvalue weighted by atomic mass is 9.87. The summed E-state index contributed by atoms with van der Waals surface area (Å²) in [5, 5.41) is 2.37. The summed E-state index contributed by atoms with van der Waals surface area (Å²) < 4.78 is 5.82. The van der Waals surface area contributed by atoms with Crippen LogP contribution in [0.15, 0.2) is 72.8 Å². The summed E-state index contributed by atoms with van der Waals surface area (Å²) in [6, 6.07) is 23.1. The first kappa shape index (κ1) is 22.1. The molecule has 0 saturated carbocycles. The highest BCUT2D eigenvalue weighted by Crippen LogP contribution is 2.31. The number of rotatable bonds is 5. The van der Waals surface area contributed by atoms with Gasteiger partial charge in [0.2, 0.25) is 0 Å². The van der Waals surface area contributed by atoms with Crippen molar-refractivity contribution < 1.29 is 9.53 Å². The van der Waals surface area contributed by atoms with E-state index in [1.807, 2.05) is 25.7 Å². The number of benzene rings is 3. The molecule has 1 aliphatic carbocycles. The van der Waals surface area contributed by atoms with Crippen LogP contribution in [0.25, 0.3) is 16.8 Å². The van der Waals surface area contributed by atoms with Crippen molar-refractivity contribution in [3.8, 4) is 0 Å². The molecule has 3 nitrogen and oxygen atoms in total. The molecule has 3 aromatic carbocycles. The van der Waals surface area contributed by atoms with Crippen LogP contribution < -0.4 is 0 Å². The fourth-order valence-corrected chi connectivity index (χ4v) is 4.52. The van der Waals surface area contributed by atoms with Gasteiger partial charge < -0.3 is 9.64 Å². The Bertz CT molecular complexity index is 1120. The Hall–Kier alpha value is -3.07. The summed E-state index contributed by atoms with van der Waals surface area (Å²) in [6.45, 7) is 8.53. The molecule has 3 aromatic rings. The van der Waals surface area contributed by atoms with Crippen LogP contribution in [0.4, 0.5) is 4.79 Å². The number of carbonyl (C=O) groups excluding carboxylic acids is 1. The molecule has 0 radical (unpaired) electrons. The third-order valence-electron chi connectivity index (χ3n) is 6.19. The molecule has 0 spiro atoms. The van der Waals surface area contributed by atoms with Gasteiger partial charge >= 0.3 is 6.09 Å². The van der Waals surface area contributed by atoms with Crippen molar-refractivity contribution in [2.75, 3.05) is 6.54 Å². The SMILES string of the molecule is C[C@H](c1cccc2ccccc12)N(CC[C@H]1C=Cc2ccccc2C1)C(=O)OC(C)(C)C. The maximum atomic E-state index is 13.3. The minimum absolute atomic E-state index is 0.0872. The Morgan fingerprint density at radius 3 is 2.56 bits per heavy atom. The second-order valence-corrected chi connectivity index (χ2v) is 9.73. The average molecular weight is 428 g/mol. The first-order valence-corrected chi connectivity index (χ1v) is 11.6. The predicted octanol–water partition coefficient (Wildman–Crippen LogP) is 7.41. The van der Waals surface area contributed by atoms with Crippen LogP contribution in [0.5, 0.6) is 0 Å². The van der Waals surface area contributed by atoms with Gasteiger partial charge in [-0.05, 0) is 73.9 Å². The second kappa shape index (κ2) is 9.20. The molecule has 32 heavy (non-hydrogen) atoms. The number of fused-ring (bicyclic) bond motifs is 2. The van der Waals surface area contributed by atoms with Crippen LogP contribution in [0.2, 0.25) is 0 Å². The van der Waals surface area contributed by atoms with Gasteiger partial charge in [0.15, 0.2) is 0 Å². The van der Waals surface area contributed by atoms with Crippen molar-refractivity contribution in [3.63, 3.8) is 0 Å². The van der Waals surface area contributed by atoms with E-state index in [-0.39, 0.29) is 12.1 Å². The van der Waals surface area contributed by atoms with Gasteiger partial charge in [-0.1, -0.05) is 78.9 Å². The van der Waals surface area contributed by atoms with Crippen molar-refractivity contribution in [1.29, 1.82) is 0 Å². The number of allylic oxidation sites excluding steroid dienone is 1. The summed E-state index contributed by atoms with van der Waals surface area (Å²) in [4.78, 5) is 15.2. The maximum absolute atomic E-state index is 13.3. The molecular weight excluding hydrogens is 394 g/mol. The lowest BCUT2D eigenvalue weighted by Gasteiger charge is -2.33. The Morgan fingerprint density at radius 2 is 1.75 bits per heavy atom. The van der Waals surface area contributed by atoms with Gasteiger partial charge in [-0.3, -0.25) is 0 Å². The van der Waals surface area contributed by atoms with E-state index in [1.54, 1.807) is 0 Å². The summed E-state index contributed by atoms with van der Waals surface area (Å²) in [5.74, 6) is 0.412. The fraction of sp³-hybridized carbons (Fsp3) is 0.345. The monoisotopic (exact) mass is 427 g/mol. The first-order chi connectivity index (χ1) is 15.3. The van der Waals surface area contributed by atoms with Gasteiger partial charge in [-0.15, -0.1) is 0 Å². The van der Waals surface area contributed by atoms with Gasteiger partial charge in [0, 0.05) is 6.54 Å². The smallest absolute Gasteiger partial charge is 0.410 e. The predicted molar refractivity (Wildman–Crippen MR) is 133 cm³/mol. The molecule has 3 heteroatoms. The summed E-state index contributed by atoms with van der Waals surface area (Å²) in [6.07, 6.45) is 6.17. The largest absolute Gasteiger partial charge is 0.444 e. The number of hydrogen-bond donors (Lipinski definition) is 0. The van der Waals surface area contributed by atoms with E-state index in [1.165, 1.54) is 21.9 Å². The van der Waals surface area contributed by atoms with E-state index in [9.17, 15) is 4.79 Å². The van der Waals surface area contributed by atoms with Crippen molar-refractivity contribution in [1.82, 2.24) is 4.90 Å². The quantitative estimate of drug-likeness (QED) is 0.424. The molecule has 166 valence electrons. The van der Waals surface area contributed by atoms with Crippen molar-refractivity contribution >= 4 is 22.9 Å². The van der Waals surface area contributed by atoms with Crippen LogP contribution in [0.1, 0.15) is 56.8 Å². The molecule has 0 saturated heterocycles. The fourth-order valence-electron chi connectivity index (χ4n) is 4.52. The number of carbonyl (C=O) groups is 1. The number of nitrogens with zero attached hydrogens (tertiary/aromatic N) is 1. The zero-order valence-corrected chi connectivity index (χ0v) is 19.5. The molecule has 0 bridgehead atoms.